The van der Waals surface area contributed by atoms with Crippen LogP contribution >= 0.6 is 0 Å². The Hall–Kier alpha value is -0.820. The van der Waals surface area contributed by atoms with Crippen molar-refractivity contribution in [2.45, 2.75) is 12.2 Å². The summed E-state index contributed by atoms with van der Waals surface area (Å²) in [6, 6.07) is -0.891. The van der Waals surface area contributed by atoms with E-state index in [1.807, 2.05) is 0 Å². The van der Waals surface area contributed by atoms with Crippen molar-refractivity contribution in [3.63, 3.8) is 0 Å². The number of hydrogen-bond acceptors (Lipinski definition) is 3. The van der Waals surface area contributed by atoms with Gasteiger partial charge in [-0.15, -0.1) is 0 Å². The summed E-state index contributed by atoms with van der Waals surface area (Å²) in [4.78, 5) is 11.4. The zero-order valence-electron chi connectivity index (χ0n) is 7.25. The molecule has 0 radical (unpaired) electrons. The summed E-state index contributed by atoms with van der Waals surface area (Å²) in [6.07, 6.45) is -4.88. The monoisotopic (exact) mass is 213 g/mol. The van der Waals surface area contributed by atoms with E-state index in [4.69, 9.17) is 9.84 Å². The van der Waals surface area contributed by atoms with E-state index in [1.165, 1.54) is 0 Å². The minimum absolute atomic E-state index is 0.0572. The lowest BCUT2D eigenvalue weighted by atomic mass is 10.2. The van der Waals surface area contributed by atoms with E-state index in [0.717, 1.165) is 0 Å². The van der Waals surface area contributed by atoms with Gasteiger partial charge >= 0.3 is 12.1 Å². The molecule has 1 amide bonds. The number of carbonyl (C=O) groups excluding carboxylic acids is 1. The molecule has 0 aromatic rings. The second kappa shape index (κ2) is 4.14. The van der Waals surface area contributed by atoms with Crippen molar-refractivity contribution in [2.75, 3.05) is 26.4 Å². The van der Waals surface area contributed by atoms with Crippen molar-refractivity contribution in [2.24, 2.45) is 0 Å². The minimum Gasteiger partial charge on any atom is -0.394 e. The number of alkyl halides is 3. The molecule has 1 rings (SSSR count). The molecule has 1 unspecified atom stereocenters. The molecule has 1 fully saturated rings. The average Bonchev–Trinajstić information content (AvgIpc) is 2.15. The standard InChI is InChI=1S/C7H10F3NO3/c8-7(9,10)6(13)11-1-2-14-4-5(11)3-12/h5,12H,1-4H2. The summed E-state index contributed by atoms with van der Waals surface area (Å²) < 4.78 is 40.9. The van der Waals surface area contributed by atoms with E-state index >= 15 is 0 Å². The van der Waals surface area contributed by atoms with Crippen molar-refractivity contribution >= 4 is 5.91 Å². The normalized spacial score (nSPS) is 23.7. The first-order chi connectivity index (χ1) is 6.46. The molecular formula is C7H10F3NO3. The van der Waals surface area contributed by atoms with Gasteiger partial charge in [0.1, 0.15) is 0 Å². The summed E-state index contributed by atoms with van der Waals surface area (Å²) in [7, 11) is 0. The zero-order chi connectivity index (χ0) is 10.8. The molecule has 0 bridgehead atoms. The smallest absolute Gasteiger partial charge is 0.394 e. The van der Waals surface area contributed by atoms with Crippen LogP contribution in [0.15, 0.2) is 0 Å². The molecule has 7 heteroatoms. The van der Waals surface area contributed by atoms with Crippen LogP contribution in [0.3, 0.4) is 0 Å². The number of nitrogens with zero attached hydrogens (tertiary/aromatic N) is 1. The zero-order valence-corrected chi connectivity index (χ0v) is 7.25. The van der Waals surface area contributed by atoms with Crippen LogP contribution in [-0.2, 0) is 9.53 Å². The number of carbonyl (C=O) groups is 1. The molecule has 1 aliphatic rings. The summed E-state index contributed by atoms with van der Waals surface area (Å²) in [5, 5.41) is 8.73. The fourth-order valence-electron chi connectivity index (χ4n) is 1.24. The first-order valence-corrected chi connectivity index (χ1v) is 4.03. The fourth-order valence-corrected chi connectivity index (χ4v) is 1.24. The van der Waals surface area contributed by atoms with Crippen LogP contribution in [0, 0.1) is 0 Å². The van der Waals surface area contributed by atoms with E-state index in [2.05, 4.69) is 0 Å². The Morgan fingerprint density at radius 1 is 1.57 bits per heavy atom. The molecule has 1 aliphatic heterocycles. The van der Waals surface area contributed by atoms with Gasteiger partial charge in [-0.25, -0.2) is 0 Å². The van der Waals surface area contributed by atoms with Crippen LogP contribution in [0.4, 0.5) is 13.2 Å². The van der Waals surface area contributed by atoms with Gasteiger partial charge in [-0.2, -0.15) is 13.2 Å². The predicted molar refractivity (Wildman–Crippen MR) is 39.5 cm³/mol. The van der Waals surface area contributed by atoms with Crippen LogP contribution in [-0.4, -0.2) is 54.5 Å². The molecule has 14 heavy (non-hydrogen) atoms. The SMILES string of the molecule is O=C(N1CCOCC1CO)C(F)(F)F. The number of rotatable bonds is 1. The number of aliphatic hydroxyl groups excluding tert-OH is 1. The number of halogens is 3. The largest absolute Gasteiger partial charge is 0.471 e. The van der Waals surface area contributed by atoms with E-state index < -0.39 is 24.7 Å². The third-order valence-corrected chi connectivity index (χ3v) is 1.94. The second-order valence-electron chi connectivity index (χ2n) is 2.91. The molecule has 0 aromatic heterocycles. The lowest BCUT2D eigenvalue weighted by Crippen LogP contribution is -2.54. The maximum atomic E-state index is 12.0. The van der Waals surface area contributed by atoms with Crippen LogP contribution < -0.4 is 0 Å². The van der Waals surface area contributed by atoms with E-state index in [1.54, 1.807) is 0 Å². The molecule has 1 atom stereocenters. The average molecular weight is 213 g/mol. The summed E-state index contributed by atoms with van der Waals surface area (Å²) in [5.41, 5.74) is 0. The van der Waals surface area contributed by atoms with Crippen molar-refractivity contribution in [3.05, 3.63) is 0 Å². The third kappa shape index (κ3) is 2.36. The Kier molecular flexibility index (Phi) is 3.33. The number of aliphatic hydroxyl groups is 1. The number of amides is 1. The van der Waals surface area contributed by atoms with Crippen LogP contribution in [0.25, 0.3) is 0 Å². The molecule has 1 N–H and O–H groups in total. The van der Waals surface area contributed by atoms with Gasteiger partial charge in [0.2, 0.25) is 0 Å². The first-order valence-electron chi connectivity index (χ1n) is 4.03. The van der Waals surface area contributed by atoms with Gasteiger partial charge in [0.05, 0.1) is 25.9 Å². The number of ether oxygens (including phenoxy) is 1. The van der Waals surface area contributed by atoms with E-state index in [-0.39, 0.29) is 19.8 Å². The van der Waals surface area contributed by atoms with Crippen molar-refractivity contribution in [1.29, 1.82) is 0 Å². The van der Waals surface area contributed by atoms with Gasteiger partial charge in [-0.1, -0.05) is 0 Å². The lowest BCUT2D eigenvalue weighted by molar-refractivity contribution is -0.193. The van der Waals surface area contributed by atoms with Gasteiger partial charge in [0.25, 0.3) is 0 Å². The Morgan fingerprint density at radius 3 is 2.71 bits per heavy atom. The van der Waals surface area contributed by atoms with Crippen LogP contribution in [0.1, 0.15) is 0 Å². The van der Waals surface area contributed by atoms with Gasteiger partial charge in [-0.05, 0) is 0 Å². The third-order valence-electron chi connectivity index (χ3n) is 1.94. The maximum Gasteiger partial charge on any atom is 0.471 e. The molecule has 0 spiro atoms. The highest BCUT2D eigenvalue weighted by atomic mass is 19.4. The van der Waals surface area contributed by atoms with Crippen molar-refractivity contribution < 1.29 is 27.8 Å². The second-order valence-corrected chi connectivity index (χ2v) is 2.91. The highest BCUT2D eigenvalue weighted by Crippen LogP contribution is 2.21. The van der Waals surface area contributed by atoms with E-state index in [9.17, 15) is 18.0 Å². The molecule has 1 saturated heterocycles. The van der Waals surface area contributed by atoms with Gasteiger partial charge in [0.15, 0.2) is 0 Å². The Morgan fingerprint density at radius 2 is 2.21 bits per heavy atom. The highest BCUT2D eigenvalue weighted by Gasteiger charge is 2.45. The quantitative estimate of drug-likeness (QED) is 0.654. The fraction of sp³-hybridized carbons (Fsp3) is 0.857. The molecule has 0 aliphatic carbocycles. The Balaban J connectivity index is 2.69. The topological polar surface area (TPSA) is 49.8 Å². The summed E-state index contributed by atoms with van der Waals surface area (Å²) in [6.45, 7) is -0.651. The number of hydrogen-bond donors (Lipinski definition) is 1. The van der Waals surface area contributed by atoms with Crippen molar-refractivity contribution in [1.82, 2.24) is 4.90 Å². The summed E-state index contributed by atoms with van der Waals surface area (Å²) >= 11 is 0. The van der Waals surface area contributed by atoms with Crippen LogP contribution in [0.5, 0.6) is 0 Å². The van der Waals surface area contributed by atoms with Gasteiger partial charge in [-0.3, -0.25) is 4.79 Å². The maximum absolute atomic E-state index is 12.0. The molecular weight excluding hydrogens is 203 g/mol. The van der Waals surface area contributed by atoms with Gasteiger partial charge in [0, 0.05) is 6.54 Å². The van der Waals surface area contributed by atoms with Crippen molar-refractivity contribution in [3.8, 4) is 0 Å². The Bertz CT molecular complexity index is 219. The predicted octanol–water partition coefficient (Wildman–Crippen LogP) is -0.232. The lowest BCUT2D eigenvalue weighted by Gasteiger charge is -2.34. The minimum atomic E-state index is -4.88. The Labute approximate surface area is 78.2 Å². The van der Waals surface area contributed by atoms with Gasteiger partial charge < -0.3 is 14.7 Å². The highest BCUT2D eigenvalue weighted by molar-refractivity contribution is 5.82. The molecule has 4 nitrogen and oxygen atoms in total. The van der Waals surface area contributed by atoms with E-state index in [0.29, 0.717) is 4.90 Å². The number of morpholine rings is 1. The molecule has 0 saturated carbocycles. The molecule has 1 heterocycles. The first kappa shape index (κ1) is 11.3. The molecule has 0 aromatic carbocycles. The summed E-state index contributed by atoms with van der Waals surface area (Å²) in [5.74, 6) is -1.92. The van der Waals surface area contributed by atoms with Crippen LogP contribution in [0.2, 0.25) is 0 Å². The molecule has 82 valence electrons.